The van der Waals surface area contributed by atoms with Gasteiger partial charge < -0.3 is 19.5 Å². The molecule has 1 aliphatic rings. The molecule has 1 N–H and O–H groups in total. The average molecular weight is 433 g/mol. The molecule has 0 saturated carbocycles. The van der Waals surface area contributed by atoms with Crippen molar-refractivity contribution in [2.24, 2.45) is 0 Å². The highest BCUT2D eigenvalue weighted by Crippen LogP contribution is 2.33. The van der Waals surface area contributed by atoms with E-state index in [1.165, 1.54) is 6.08 Å². The van der Waals surface area contributed by atoms with Crippen molar-refractivity contribution < 1.29 is 23.8 Å². The number of esters is 1. The maximum atomic E-state index is 12.3. The van der Waals surface area contributed by atoms with E-state index in [-0.39, 0.29) is 13.4 Å². The number of amides is 1. The molecule has 0 atom stereocenters. The van der Waals surface area contributed by atoms with Crippen molar-refractivity contribution in [3.05, 3.63) is 84.4 Å². The number of hydrogen-bond donors (Lipinski definition) is 1. The third-order valence-electron chi connectivity index (χ3n) is 4.29. The van der Waals surface area contributed by atoms with Crippen LogP contribution in [0, 0.1) is 0 Å². The molecule has 3 aromatic carbocycles. The number of para-hydroxylation sites is 1. The van der Waals surface area contributed by atoms with E-state index in [1.54, 1.807) is 36.0 Å². The molecule has 156 valence electrons. The summed E-state index contributed by atoms with van der Waals surface area (Å²) in [5, 5.41) is 2.80. The summed E-state index contributed by atoms with van der Waals surface area (Å²) in [5.41, 5.74) is 1.42. The Morgan fingerprint density at radius 3 is 2.61 bits per heavy atom. The molecule has 1 amide bonds. The fourth-order valence-corrected chi connectivity index (χ4v) is 3.75. The molecule has 0 bridgehead atoms. The van der Waals surface area contributed by atoms with Gasteiger partial charge in [0.2, 0.25) is 6.79 Å². The number of nitrogens with one attached hydrogen (secondary N) is 1. The minimum absolute atomic E-state index is 0.187. The third-order valence-corrected chi connectivity index (χ3v) is 5.37. The number of rotatable bonds is 7. The molecular formula is C24H19NO5S. The lowest BCUT2D eigenvalue weighted by molar-refractivity contribution is -0.142. The molecular weight excluding hydrogens is 414 g/mol. The minimum atomic E-state index is -0.611. The van der Waals surface area contributed by atoms with E-state index in [0.717, 1.165) is 15.4 Å². The number of anilines is 1. The van der Waals surface area contributed by atoms with Gasteiger partial charge in [0.1, 0.15) is 0 Å². The first kappa shape index (κ1) is 20.6. The molecule has 1 aliphatic heterocycles. The first-order valence-electron chi connectivity index (χ1n) is 9.54. The Hall–Kier alpha value is -3.71. The summed E-state index contributed by atoms with van der Waals surface area (Å²) in [7, 11) is 0. The van der Waals surface area contributed by atoms with E-state index in [1.807, 2.05) is 54.6 Å². The zero-order valence-electron chi connectivity index (χ0n) is 16.4. The van der Waals surface area contributed by atoms with Gasteiger partial charge >= 0.3 is 5.97 Å². The number of benzene rings is 3. The fourth-order valence-electron chi connectivity index (χ4n) is 2.83. The Labute approximate surface area is 183 Å². The van der Waals surface area contributed by atoms with E-state index in [4.69, 9.17) is 14.2 Å². The first-order valence-corrected chi connectivity index (χ1v) is 10.4. The third kappa shape index (κ3) is 5.67. The van der Waals surface area contributed by atoms with Crippen molar-refractivity contribution in [2.45, 2.75) is 9.79 Å². The monoisotopic (exact) mass is 433 g/mol. The Morgan fingerprint density at radius 2 is 1.74 bits per heavy atom. The lowest BCUT2D eigenvalue weighted by Crippen LogP contribution is -2.20. The van der Waals surface area contributed by atoms with Gasteiger partial charge in [-0.25, -0.2) is 4.79 Å². The summed E-state index contributed by atoms with van der Waals surface area (Å²) in [4.78, 5) is 26.2. The zero-order valence-corrected chi connectivity index (χ0v) is 17.3. The van der Waals surface area contributed by atoms with Crippen molar-refractivity contribution >= 4 is 35.4 Å². The molecule has 6 nitrogen and oxygen atoms in total. The van der Waals surface area contributed by atoms with Gasteiger partial charge in [-0.05, 0) is 48.0 Å². The van der Waals surface area contributed by atoms with E-state index in [0.29, 0.717) is 17.2 Å². The van der Waals surface area contributed by atoms with Gasteiger partial charge in [-0.3, -0.25) is 4.79 Å². The molecule has 3 aromatic rings. The number of carbonyl (C=O) groups is 2. The van der Waals surface area contributed by atoms with Crippen LogP contribution in [-0.4, -0.2) is 25.3 Å². The van der Waals surface area contributed by atoms with E-state index < -0.39 is 11.9 Å². The van der Waals surface area contributed by atoms with Crippen LogP contribution in [-0.2, 0) is 14.3 Å². The summed E-state index contributed by atoms with van der Waals surface area (Å²) in [6.07, 6.45) is 2.86. The minimum Gasteiger partial charge on any atom is -0.454 e. The van der Waals surface area contributed by atoms with Crippen LogP contribution in [0.3, 0.4) is 0 Å². The Morgan fingerprint density at radius 1 is 0.968 bits per heavy atom. The van der Waals surface area contributed by atoms with Crippen LogP contribution in [0.15, 0.2) is 88.7 Å². The van der Waals surface area contributed by atoms with E-state index >= 15 is 0 Å². The molecule has 31 heavy (non-hydrogen) atoms. The molecule has 0 aromatic heterocycles. The quantitative estimate of drug-likeness (QED) is 0.428. The van der Waals surface area contributed by atoms with Crippen molar-refractivity contribution in [2.75, 3.05) is 18.7 Å². The van der Waals surface area contributed by atoms with Crippen LogP contribution >= 0.6 is 11.8 Å². The summed E-state index contributed by atoms with van der Waals surface area (Å²) in [6, 6.07) is 22.7. The van der Waals surface area contributed by atoms with Crippen LogP contribution < -0.4 is 14.8 Å². The molecule has 1 heterocycles. The highest BCUT2D eigenvalue weighted by atomic mass is 32.2. The summed E-state index contributed by atoms with van der Waals surface area (Å²) < 4.78 is 15.6. The van der Waals surface area contributed by atoms with Gasteiger partial charge in [-0.1, -0.05) is 48.2 Å². The Balaban J connectivity index is 1.30. The number of fused-ring (bicyclic) bond motifs is 1. The first-order chi connectivity index (χ1) is 15.2. The van der Waals surface area contributed by atoms with Crippen molar-refractivity contribution in [3.63, 3.8) is 0 Å². The van der Waals surface area contributed by atoms with E-state index in [2.05, 4.69) is 5.32 Å². The predicted octanol–water partition coefficient (Wildman–Crippen LogP) is 4.76. The normalized spacial score (nSPS) is 12.0. The molecule has 0 fully saturated rings. The standard InChI is InChI=1S/C24H19NO5S/c26-23(25-19-8-4-5-9-22(19)31-18-6-2-1-3-7-18)15-28-24(27)13-11-17-10-12-20-21(14-17)30-16-29-20/h1-14H,15-16H2,(H,25,26)/b13-11+. The zero-order chi connectivity index (χ0) is 21.5. The molecule has 0 radical (unpaired) electrons. The number of ether oxygens (including phenoxy) is 3. The Kier molecular flexibility index (Phi) is 6.54. The van der Waals surface area contributed by atoms with Gasteiger partial charge in [0, 0.05) is 15.9 Å². The van der Waals surface area contributed by atoms with Crippen LogP contribution in [0.4, 0.5) is 5.69 Å². The second kappa shape index (κ2) is 9.86. The van der Waals surface area contributed by atoms with Gasteiger partial charge in [0.05, 0.1) is 5.69 Å². The molecule has 0 spiro atoms. The second-order valence-corrected chi connectivity index (χ2v) is 7.63. The highest BCUT2D eigenvalue weighted by molar-refractivity contribution is 7.99. The van der Waals surface area contributed by atoms with Gasteiger partial charge in [-0.15, -0.1) is 0 Å². The largest absolute Gasteiger partial charge is 0.454 e. The lowest BCUT2D eigenvalue weighted by atomic mass is 10.2. The van der Waals surface area contributed by atoms with Gasteiger partial charge in [0.25, 0.3) is 5.91 Å². The lowest BCUT2D eigenvalue weighted by Gasteiger charge is -2.10. The smallest absolute Gasteiger partial charge is 0.331 e. The topological polar surface area (TPSA) is 73.9 Å². The van der Waals surface area contributed by atoms with Crippen molar-refractivity contribution in [1.29, 1.82) is 0 Å². The number of hydrogen-bond acceptors (Lipinski definition) is 6. The van der Waals surface area contributed by atoms with E-state index in [9.17, 15) is 9.59 Å². The maximum absolute atomic E-state index is 12.3. The summed E-state index contributed by atoms with van der Waals surface area (Å²) in [6.45, 7) is -0.193. The summed E-state index contributed by atoms with van der Waals surface area (Å²) >= 11 is 1.54. The van der Waals surface area contributed by atoms with Crippen LogP contribution in [0.1, 0.15) is 5.56 Å². The van der Waals surface area contributed by atoms with Gasteiger partial charge in [0.15, 0.2) is 18.1 Å². The highest BCUT2D eigenvalue weighted by Gasteiger charge is 2.13. The van der Waals surface area contributed by atoms with Crippen LogP contribution in [0.2, 0.25) is 0 Å². The molecule has 0 aliphatic carbocycles. The summed E-state index contributed by atoms with van der Waals surface area (Å²) in [5.74, 6) is 0.273. The maximum Gasteiger partial charge on any atom is 0.331 e. The fraction of sp³-hybridized carbons (Fsp3) is 0.0833. The number of carbonyl (C=O) groups excluding carboxylic acids is 2. The molecule has 4 rings (SSSR count). The van der Waals surface area contributed by atoms with Crippen LogP contribution in [0.5, 0.6) is 11.5 Å². The molecule has 0 saturated heterocycles. The SMILES string of the molecule is O=C(COC(=O)/C=C/c1ccc2c(c1)OCO2)Nc1ccccc1Sc1ccccc1. The van der Waals surface area contributed by atoms with Crippen molar-refractivity contribution in [3.8, 4) is 11.5 Å². The second-order valence-electron chi connectivity index (χ2n) is 6.51. The average Bonchev–Trinajstić information content (AvgIpc) is 3.26. The van der Waals surface area contributed by atoms with Crippen LogP contribution in [0.25, 0.3) is 6.08 Å². The molecule has 0 unspecified atom stereocenters. The molecule has 7 heteroatoms. The predicted molar refractivity (Wildman–Crippen MR) is 118 cm³/mol. The van der Waals surface area contributed by atoms with Gasteiger partial charge in [-0.2, -0.15) is 0 Å². The Bertz CT molecular complexity index is 1110. The van der Waals surface area contributed by atoms with Crippen molar-refractivity contribution in [1.82, 2.24) is 0 Å².